The van der Waals surface area contributed by atoms with E-state index in [0.29, 0.717) is 5.56 Å². The van der Waals surface area contributed by atoms with Gasteiger partial charge in [-0.05, 0) is 51.3 Å². The van der Waals surface area contributed by atoms with Gasteiger partial charge >= 0.3 is 0 Å². The van der Waals surface area contributed by atoms with Crippen LogP contribution in [0.3, 0.4) is 0 Å². The predicted molar refractivity (Wildman–Crippen MR) is 88.4 cm³/mol. The van der Waals surface area contributed by atoms with Crippen LogP contribution in [0.25, 0.3) is 10.1 Å². The van der Waals surface area contributed by atoms with Crippen LogP contribution in [0.5, 0.6) is 0 Å². The predicted octanol–water partition coefficient (Wildman–Crippen LogP) is 6.44. The number of hydrogen-bond donors (Lipinski definition) is 0. The Kier molecular flexibility index (Phi) is 3.85. The summed E-state index contributed by atoms with van der Waals surface area (Å²) in [6.45, 7) is 1.94. The van der Waals surface area contributed by atoms with E-state index in [1.807, 2.05) is 36.6 Å². The van der Waals surface area contributed by atoms with Crippen molar-refractivity contribution in [2.45, 2.75) is 12.3 Å². The number of hydrogen-bond acceptors (Lipinski definition) is 1. The zero-order valence-corrected chi connectivity index (χ0v) is 13.8. The summed E-state index contributed by atoms with van der Waals surface area (Å²) in [4.78, 5) is 0. The van der Waals surface area contributed by atoms with Gasteiger partial charge in [-0.2, -0.15) is 0 Å². The second-order valence-corrected chi connectivity index (χ2v) is 6.87. The van der Waals surface area contributed by atoms with Crippen molar-refractivity contribution < 1.29 is 4.39 Å². The SMILES string of the molecule is Cc1ccc(F)c(C(Cl)c2csc3c(Br)cccc23)c1. The number of aryl methyl sites for hydroxylation is 1. The molecule has 0 fully saturated rings. The lowest BCUT2D eigenvalue weighted by Gasteiger charge is -2.11. The molecule has 4 heteroatoms. The van der Waals surface area contributed by atoms with E-state index in [9.17, 15) is 4.39 Å². The zero-order chi connectivity index (χ0) is 14.3. The normalized spacial score (nSPS) is 12.8. The van der Waals surface area contributed by atoms with E-state index < -0.39 is 5.38 Å². The van der Waals surface area contributed by atoms with Gasteiger partial charge in [0, 0.05) is 14.7 Å². The number of fused-ring (bicyclic) bond motifs is 1. The third-order valence-corrected chi connectivity index (χ3v) is 5.72. The maximum Gasteiger partial charge on any atom is 0.128 e. The Bertz CT molecular complexity index is 781. The summed E-state index contributed by atoms with van der Waals surface area (Å²) >= 11 is 11.7. The van der Waals surface area contributed by atoms with Crippen molar-refractivity contribution in [1.29, 1.82) is 0 Å². The van der Waals surface area contributed by atoms with Gasteiger partial charge in [0.05, 0.1) is 5.38 Å². The van der Waals surface area contributed by atoms with Gasteiger partial charge in [-0.3, -0.25) is 0 Å². The zero-order valence-electron chi connectivity index (χ0n) is 10.7. The van der Waals surface area contributed by atoms with Crippen LogP contribution in [0, 0.1) is 12.7 Å². The largest absolute Gasteiger partial charge is 0.207 e. The highest BCUT2D eigenvalue weighted by Gasteiger charge is 2.19. The molecule has 0 amide bonds. The van der Waals surface area contributed by atoms with Crippen LogP contribution < -0.4 is 0 Å². The van der Waals surface area contributed by atoms with E-state index in [1.54, 1.807) is 17.4 Å². The molecule has 0 saturated heterocycles. The molecule has 0 N–H and O–H groups in total. The Morgan fingerprint density at radius 3 is 2.80 bits per heavy atom. The molecule has 1 atom stereocenters. The lowest BCUT2D eigenvalue weighted by molar-refractivity contribution is 0.612. The Labute approximate surface area is 134 Å². The Morgan fingerprint density at radius 2 is 2.00 bits per heavy atom. The highest BCUT2D eigenvalue weighted by atomic mass is 79.9. The first kappa shape index (κ1) is 14.1. The van der Waals surface area contributed by atoms with E-state index in [1.165, 1.54) is 6.07 Å². The molecule has 0 aliphatic carbocycles. The summed E-state index contributed by atoms with van der Waals surface area (Å²) in [6.07, 6.45) is 0. The molecule has 20 heavy (non-hydrogen) atoms. The average Bonchev–Trinajstić information content (AvgIpc) is 2.86. The summed E-state index contributed by atoms with van der Waals surface area (Å²) < 4.78 is 16.2. The molecule has 0 nitrogen and oxygen atoms in total. The number of benzene rings is 2. The number of halogens is 3. The molecular weight excluding hydrogens is 359 g/mol. The van der Waals surface area contributed by atoms with Gasteiger partial charge in [-0.1, -0.05) is 29.8 Å². The van der Waals surface area contributed by atoms with Crippen molar-refractivity contribution in [3.05, 3.63) is 68.8 Å². The molecule has 3 aromatic rings. The smallest absolute Gasteiger partial charge is 0.128 e. The van der Waals surface area contributed by atoms with Crippen molar-refractivity contribution in [3.63, 3.8) is 0 Å². The van der Waals surface area contributed by atoms with Crippen LogP contribution in [0.1, 0.15) is 22.1 Å². The maximum atomic E-state index is 14.0. The second kappa shape index (κ2) is 5.47. The van der Waals surface area contributed by atoms with E-state index >= 15 is 0 Å². The van der Waals surface area contributed by atoms with Crippen LogP contribution in [0.15, 0.2) is 46.3 Å². The first-order valence-electron chi connectivity index (χ1n) is 6.13. The molecule has 0 aliphatic heterocycles. The van der Waals surface area contributed by atoms with Gasteiger partial charge in [0.25, 0.3) is 0 Å². The number of thiophene rings is 1. The summed E-state index contributed by atoms with van der Waals surface area (Å²) in [5.74, 6) is -0.259. The minimum absolute atomic E-state index is 0.259. The molecule has 3 rings (SSSR count). The lowest BCUT2D eigenvalue weighted by atomic mass is 10.0. The van der Waals surface area contributed by atoms with Crippen molar-refractivity contribution in [2.24, 2.45) is 0 Å². The van der Waals surface area contributed by atoms with Crippen molar-refractivity contribution in [2.75, 3.05) is 0 Å². The molecule has 0 saturated carbocycles. The summed E-state index contributed by atoms with van der Waals surface area (Å²) in [6, 6.07) is 11.0. The molecule has 0 aliphatic rings. The van der Waals surface area contributed by atoms with Crippen LogP contribution in [0.2, 0.25) is 0 Å². The Balaban J connectivity index is 2.15. The fourth-order valence-corrected chi connectivity index (χ4v) is 4.33. The first-order valence-corrected chi connectivity index (χ1v) is 8.24. The summed E-state index contributed by atoms with van der Waals surface area (Å²) in [7, 11) is 0. The van der Waals surface area contributed by atoms with Crippen LogP contribution in [0.4, 0.5) is 4.39 Å². The average molecular weight is 370 g/mol. The van der Waals surface area contributed by atoms with Crippen molar-refractivity contribution in [3.8, 4) is 0 Å². The highest BCUT2D eigenvalue weighted by Crippen LogP contribution is 2.40. The molecule has 1 unspecified atom stereocenters. The van der Waals surface area contributed by atoms with E-state index in [0.717, 1.165) is 25.7 Å². The molecule has 102 valence electrons. The molecular formula is C16H11BrClFS. The van der Waals surface area contributed by atoms with E-state index in [-0.39, 0.29) is 5.82 Å². The minimum atomic E-state index is -0.474. The number of rotatable bonds is 2. The van der Waals surface area contributed by atoms with Crippen LogP contribution in [-0.2, 0) is 0 Å². The quantitative estimate of drug-likeness (QED) is 0.456. The van der Waals surface area contributed by atoms with Gasteiger partial charge in [-0.25, -0.2) is 4.39 Å². The van der Waals surface area contributed by atoms with Crippen molar-refractivity contribution >= 4 is 49.0 Å². The Hall–Kier alpha value is -0.900. The molecule has 1 aromatic heterocycles. The standard InChI is InChI=1S/C16H11BrClFS/c1-9-5-6-14(19)11(7-9)15(18)12-8-20-16-10(12)3-2-4-13(16)17/h2-8,15H,1H3. The fourth-order valence-electron chi connectivity index (χ4n) is 2.26. The highest BCUT2D eigenvalue weighted by molar-refractivity contribution is 9.10. The fraction of sp³-hybridized carbons (Fsp3) is 0.125. The molecule has 0 radical (unpaired) electrons. The minimum Gasteiger partial charge on any atom is -0.207 e. The molecule has 2 aromatic carbocycles. The first-order chi connectivity index (χ1) is 9.58. The third-order valence-electron chi connectivity index (χ3n) is 3.28. The van der Waals surface area contributed by atoms with Crippen molar-refractivity contribution in [1.82, 2.24) is 0 Å². The lowest BCUT2D eigenvalue weighted by Crippen LogP contribution is -1.97. The molecule has 0 spiro atoms. The van der Waals surface area contributed by atoms with Gasteiger partial charge < -0.3 is 0 Å². The van der Waals surface area contributed by atoms with E-state index in [4.69, 9.17) is 11.6 Å². The van der Waals surface area contributed by atoms with Gasteiger partial charge in [0.15, 0.2) is 0 Å². The summed E-state index contributed by atoms with van der Waals surface area (Å²) in [5, 5.41) is 2.61. The molecule has 1 heterocycles. The Morgan fingerprint density at radius 1 is 1.20 bits per heavy atom. The van der Waals surface area contributed by atoms with Crippen LogP contribution >= 0.6 is 38.9 Å². The topological polar surface area (TPSA) is 0 Å². The molecule has 0 bridgehead atoms. The van der Waals surface area contributed by atoms with Gasteiger partial charge in [0.1, 0.15) is 5.82 Å². The van der Waals surface area contributed by atoms with Gasteiger partial charge in [-0.15, -0.1) is 22.9 Å². The summed E-state index contributed by atoms with van der Waals surface area (Å²) in [5.41, 5.74) is 2.50. The van der Waals surface area contributed by atoms with Gasteiger partial charge in [0.2, 0.25) is 0 Å². The second-order valence-electron chi connectivity index (χ2n) is 4.70. The third kappa shape index (κ3) is 2.39. The maximum absolute atomic E-state index is 14.0. The number of alkyl halides is 1. The monoisotopic (exact) mass is 368 g/mol. The van der Waals surface area contributed by atoms with Crippen LogP contribution in [-0.4, -0.2) is 0 Å². The van der Waals surface area contributed by atoms with E-state index in [2.05, 4.69) is 15.9 Å².